The Kier molecular flexibility index (Phi) is 4.35. The fourth-order valence-electron chi connectivity index (χ4n) is 4.46. The summed E-state index contributed by atoms with van der Waals surface area (Å²) in [7, 11) is 2.29. The predicted octanol–water partition coefficient (Wildman–Crippen LogP) is 3.44. The van der Waals surface area contributed by atoms with Gasteiger partial charge in [-0.15, -0.1) is 0 Å². The second-order valence-corrected chi connectivity index (χ2v) is 8.01. The Bertz CT molecular complexity index is 652. The molecule has 1 aromatic heterocycles. The lowest BCUT2D eigenvalue weighted by Gasteiger charge is -2.45. The molecule has 1 aliphatic heterocycles. The third-order valence-electron chi connectivity index (χ3n) is 6.05. The summed E-state index contributed by atoms with van der Waals surface area (Å²) >= 11 is 1.30. The Morgan fingerprint density at radius 1 is 1.13 bits per heavy atom. The topological polar surface area (TPSA) is 41.1 Å². The molecule has 0 atom stereocenters. The molecular weight excluding hydrogens is 304 g/mol. The van der Waals surface area contributed by atoms with Crippen molar-refractivity contribution >= 4 is 22.8 Å². The van der Waals surface area contributed by atoms with Crippen molar-refractivity contribution in [2.45, 2.75) is 51.1 Å². The van der Waals surface area contributed by atoms with Crippen LogP contribution in [0.5, 0.6) is 0 Å². The number of benzene rings is 1. The Morgan fingerprint density at radius 2 is 1.87 bits per heavy atom. The molecule has 4 nitrogen and oxygen atoms in total. The molecule has 1 spiro atoms. The fourth-order valence-corrected chi connectivity index (χ4v) is 4.97. The lowest BCUT2D eigenvalue weighted by atomic mass is 9.67. The molecule has 1 saturated heterocycles. The minimum Gasteiger partial charge on any atom is -0.317 e. The molecule has 0 amide bonds. The van der Waals surface area contributed by atoms with E-state index in [0.717, 1.165) is 23.6 Å². The fraction of sp³-hybridized carbons (Fsp3) is 0.667. The second kappa shape index (κ2) is 6.46. The summed E-state index contributed by atoms with van der Waals surface area (Å²) in [4.78, 5) is 2.55. The zero-order valence-corrected chi connectivity index (χ0v) is 14.7. The van der Waals surface area contributed by atoms with Gasteiger partial charge in [0.15, 0.2) is 0 Å². The summed E-state index contributed by atoms with van der Waals surface area (Å²) < 4.78 is 8.65. The zero-order valence-electron chi connectivity index (χ0n) is 13.9. The van der Waals surface area contributed by atoms with Crippen LogP contribution < -0.4 is 5.32 Å². The predicted molar refractivity (Wildman–Crippen MR) is 95.7 cm³/mol. The van der Waals surface area contributed by atoms with Gasteiger partial charge in [-0.2, -0.15) is 8.75 Å². The van der Waals surface area contributed by atoms with Crippen molar-refractivity contribution in [3.05, 3.63) is 23.8 Å². The summed E-state index contributed by atoms with van der Waals surface area (Å²) in [5.74, 6) is 0. The minimum absolute atomic E-state index is 0.660. The third-order valence-corrected chi connectivity index (χ3v) is 6.61. The van der Waals surface area contributed by atoms with Crippen molar-refractivity contribution in [2.75, 3.05) is 20.1 Å². The van der Waals surface area contributed by atoms with E-state index in [1.165, 1.54) is 68.9 Å². The van der Waals surface area contributed by atoms with Crippen molar-refractivity contribution in [1.29, 1.82) is 0 Å². The molecule has 5 heteroatoms. The van der Waals surface area contributed by atoms with E-state index in [1.807, 2.05) is 0 Å². The van der Waals surface area contributed by atoms with Gasteiger partial charge in [-0.05, 0) is 81.8 Å². The molecule has 4 rings (SSSR count). The van der Waals surface area contributed by atoms with Crippen molar-refractivity contribution < 1.29 is 0 Å². The zero-order chi connectivity index (χ0) is 15.7. The smallest absolute Gasteiger partial charge is 0.105 e. The number of hydrogen-bond donors (Lipinski definition) is 1. The molecule has 1 N–H and O–H groups in total. The number of aromatic nitrogens is 2. The van der Waals surface area contributed by atoms with Crippen LogP contribution in [-0.2, 0) is 6.54 Å². The van der Waals surface area contributed by atoms with Crippen molar-refractivity contribution in [2.24, 2.45) is 5.41 Å². The number of nitrogens with one attached hydrogen (secondary N) is 1. The van der Waals surface area contributed by atoms with Crippen molar-refractivity contribution in [1.82, 2.24) is 19.0 Å². The van der Waals surface area contributed by atoms with E-state index in [4.69, 9.17) is 0 Å². The Morgan fingerprint density at radius 3 is 2.65 bits per heavy atom. The largest absolute Gasteiger partial charge is 0.317 e. The highest BCUT2D eigenvalue weighted by molar-refractivity contribution is 7.00. The molecule has 124 valence electrons. The molecular formula is C18H26N4S. The molecule has 0 radical (unpaired) electrons. The average molecular weight is 331 g/mol. The molecule has 2 heterocycles. The van der Waals surface area contributed by atoms with Gasteiger partial charge in [-0.1, -0.05) is 6.07 Å². The van der Waals surface area contributed by atoms with Gasteiger partial charge < -0.3 is 5.32 Å². The Hall–Kier alpha value is -1.04. The highest BCUT2D eigenvalue weighted by Gasteiger charge is 2.36. The van der Waals surface area contributed by atoms with Gasteiger partial charge >= 0.3 is 0 Å². The normalized spacial score (nSPS) is 22.2. The average Bonchev–Trinajstić information content (AvgIpc) is 3.04. The SMILES string of the molecule is CN(Cc1ccc2nsnc2c1)C1CCC2(CCNCC2)CC1. The van der Waals surface area contributed by atoms with Crippen LogP contribution in [0.4, 0.5) is 0 Å². The summed E-state index contributed by atoms with van der Waals surface area (Å²) in [6.45, 7) is 3.47. The molecule has 0 bridgehead atoms. The van der Waals surface area contributed by atoms with Gasteiger partial charge in [0.25, 0.3) is 0 Å². The Balaban J connectivity index is 1.37. The van der Waals surface area contributed by atoms with Gasteiger partial charge in [0.2, 0.25) is 0 Å². The maximum atomic E-state index is 4.36. The standard InChI is InChI=1S/C18H26N4S/c1-22(13-14-2-3-16-17(12-14)21-23-20-16)15-4-6-18(7-5-15)8-10-19-11-9-18/h2-3,12,15,19H,4-11,13H2,1H3. The van der Waals surface area contributed by atoms with Crippen LogP contribution in [0.25, 0.3) is 11.0 Å². The van der Waals surface area contributed by atoms with Crippen LogP contribution in [0.3, 0.4) is 0 Å². The second-order valence-electron chi connectivity index (χ2n) is 7.48. The first kappa shape index (κ1) is 15.5. The molecule has 1 saturated carbocycles. The van der Waals surface area contributed by atoms with Gasteiger partial charge in [-0.3, -0.25) is 4.90 Å². The lowest BCUT2D eigenvalue weighted by molar-refractivity contribution is 0.0739. The van der Waals surface area contributed by atoms with Gasteiger partial charge in [0.1, 0.15) is 11.0 Å². The highest BCUT2D eigenvalue weighted by atomic mass is 32.1. The van der Waals surface area contributed by atoms with E-state index in [-0.39, 0.29) is 0 Å². The van der Waals surface area contributed by atoms with Crippen LogP contribution in [-0.4, -0.2) is 39.8 Å². The summed E-state index contributed by atoms with van der Waals surface area (Å²) in [5.41, 5.74) is 4.08. The van der Waals surface area contributed by atoms with Gasteiger partial charge in [0, 0.05) is 12.6 Å². The van der Waals surface area contributed by atoms with Gasteiger partial charge in [0.05, 0.1) is 11.7 Å². The van der Waals surface area contributed by atoms with Crippen LogP contribution in [0, 0.1) is 5.41 Å². The van der Waals surface area contributed by atoms with E-state index in [9.17, 15) is 0 Å². The number of hydrogen-bond acceptors (Lipinski definition) is 5. The quantitative estimate of drug-likeness (QED) is 0.936. The first-order valence-corrected chi connectivity index (χ1v) is 9.59. The van der Waals surface area contributed by atoms with E-state index >= 15 is 0 Å². The molecule has 23 heavy (non-hydrogen) atoms. The highest BCUT2D eigenvalue weighted by Crippen LogP contribution is 2.44. The van der Waals surface area contributed by atoms with Gasteiger partial charge in [-0.25, -0.2) is 0 Å². The first-order valence-electron chi connectivity index (χ1n) is 8.86. The first-order chi connectivity index (χ1) is 11.2. The minimum atomic E-state index is 0.660. The number of fused-ring (bicyclic) bond motifs is 1. The Labute approximate surface area is 142 Å². The van der Waals surface area contributed by atoms with Crippen LogP contribution in [0.1, 0.15) is 44.1 Å². The van der Waals surface area contributed by atoms with Crippen molar-refractivity contribution in [3.63, 3.8) is 0 Å². The summed E-state index contributed by atoms with van der Waals surface area (Å²) in [6, 6.07) is 7.25. The lowest BCUT2D eigenvalue weighted by Crippen LogP contribution is -2.43. The van der Waals surface area contributed by atoms with E-state index in [1.54, 1.807) is 0 Å². The van der Waals surface area contributed by atoms with Crippen molar-refractivity contribution in [3.8, 4) is 0 Å². The van der Waals surface area contributed by atoms with Crippen LogP contribution >= 0.6 is 11.7 Å². The maximum absolute atomic E-state index is 4.36. The van der Waals surface area contributed by atoms with Crippen LogP contribution in [0.2, 0.25) is 0 Å². The molecule has 0 unspecified atom stereocenters. The molecule has 2 fully saturated rings. The molecule has 1 aromatic carbocycles. The number of piperidine rings is 1. The molecule has 1 aliphatic carbocycles. The maximum Gasteiger partial charge on any atom is 0.105 e. The van der Waals surface area contributed by atoms with Crippen LogP contribution in [0.15, 0.2) is 18.2 Å². The third kappa shape index (κ3) is 3.28. The van der Waals surface area contributed by atoms with E-state index < -0.39 is 0 Å². The monoisotopic (exact) mass is 330 g/mol. The molecule has 2 aromatic rings. The van der Waals surface area contributed by atoms with E-state index in [2.05, 4.69) is 44.2 Å². The van der Waals surface area contributed by atoms with E-state index in [0.29, 0.717) is 5.41 Å². The summed E-state index contributed by atoms with van der Waals surface area (Å²) in [6.07, 6.45) is 8.32. The summed E-state index contributed by atoms with van der Waals surface area (Å²) in [5, 5.41) is 3.51. The molecule has 2 aliphatic rings. The number of nitrogens with zero attached hydrogens (tertiary/aromatic N) is 3. The number of rotatable bonds is 3.